The van der Waals surface area contributed by atoms with Crippen molar-refractivity contribution in [2.45, 2.75) is 57.6 Å². The van der Waals surface area contributed by atoms with Crippen molar-refractivity contribution < 1.29 is 19.8 Å². The average molecular weight is 340 g/mol. The highest BCUT2D eigenvalue weighted by Gasteiger charge is 2.39. The number of ether oxygens (including phenoxy) is 2. The van der Waals surface area contributed by atoms with Crippen LogP contribution >= 0.6 is 0 Å². The minimum atomic E-state index is -1.50. The molecule has 3 N–H and O–H groups in total. The maximum Gasteiger partial charge on any atom is 0.291 e. The Hall–Kier alpha value is -1.86. The first-order valence-corrected chi connectivity index (χ1v) is 8.23. The van der Waals surface area contributed by atoms with Crippen molar-refractivity contribution in [2.75, 3.05) is 13.7 Å². The summed E-state index contributed by atoms with van der Waals surface area (Å²) in [6.45, 7) is 5.01. The molecule has 0 amide bonds. The lowest BCUT2D eigenvalue weighted by atomic mass is 9.76. The van der Waals surface area contributed by atoms with Gasteiger partial charge in [-0.05, 0) is 50.7 Å². The van der Waals surface area contributed by atoms with E-state index in [1.807, 2.05) is 7.11 Å². The van der Waals surface area contributed by atoms with Gasteiger partial charge in [-0.2, -0.15) is 0 Å². The quantitative estimate of drug-likeness (QED) is 0.629. The highest BCUT2D eigenvalue weighted by atomic mass is 16.9. The van der Waals surface area contributed by atoms with E-state index < -0.39 is 5.09 Å². The number of hydrogen-bond donors (Lipinski definition) is 2. The maximum absolute atomic E-state index is 8.36. The van der Waals surface area contributed by atoms with Crippen molar-refractivity contribution >= 4 is 0 Å². The van der Waals surface area contributed by atoms with Gasteiger partial charge in [-0.1, -0.05) is 19.1 Å². The maximum atomic E-state index is 8.36. The predicted octanol–water partition coefficient (Wildman–Crippen LogP) is 3.18. The zero-order valence-electron chi connectivity index (χ0n) is 14.7. The first-order valence-electron chi connectivity index (χ1n) is 8.23. The van der Waals surface area contributed by atoms with Gasteiger partial charge in [-0.3, -0.25) is 0 Å². The van der Waals surface area contributed by atoms with Gasteiger partial charge < -0.3 is 20.4 Å². The van der Waals surface area contributed by atoms with Gasteiger partial charge in [0.25, 0.3) is 5.09 Å². The van der Waals surface area contributed by atoms with Crippen molar-refractivity contribution in [3.05, 3.63) is 39.4 Å². The second kappa shape index (κ2) is 9.44. The summed E-state index contributed by atoms with van der Waals surface area (Å²) in [4.78, 5) is 8.36. The zero-order chi connectivity index (χ0) is 18.2. The summed E-state index contributed by atoms with van der Waals surface area (Å²) in [6, 6.07) is 6.57. The Morgan fingerprint density at radius 1 is 1.42 bits per heavy atom. The van der Waals surface area contributed by atoms with E-state index in [0.717, 1.165) is 44.5 Å². The lowest BCUT2D eigenvalue weighted by molar-refractivity contribution is -0.742. The number of benzene rings is 1. The molecular formula is C17H28N2O5. The fourth-order valence-corrected chi connectivity index (χ4v) is 3.22. The van der Waals surface area contributed by atoms with Crippen LogP contribution in [-0.2, 0) is 10.3 Å². The van der Waals surface area contributed by atoms with Crippen molar-refractivity contribution in [1.82, 2.24) is 0 Å². The number of nitrogens with two attached hydrogens (primary N) is 1. The van der Waals surface area contributed by atoms with Crippen LogP contribution in [0.15, 0.2) is 18.2 Å². The topological polar surface area (TPSA) is 108 Å². The van der Waals surface area contributed by atoms with Gasteiger partial charge in [0.1, 0.15) is 5.75 Å². The minimum Gasteiger partial charge on any atom is -0.493 e. The molecule has 1 fully saturated rings. The van der Waals surface area contributed by atoms with Gasteiger partial charge in [0, 0.05) is 18.7 Å². The molecule has 0 spiro atoms. The summed E-state index contributed by atoms with van der Waals surface area (Å²) in [6.07, 6.45) is 4.97. The molecule has 1 aliphatic rings. The van der Waals surface area contributed by atoms with Crippen LogP contribution in [0.5, 0.6) is 5.75 Å². The lowest BCUT2D eigenvalue weighted by Crippen LogP contribution is -2.39. The molecule has 0 heterocycles. The van der Waals surface area contributed by atoms with E-state index in [-0.39, 0.29) is 5.60 Å². The fourth-order valence-electron chi connectivity index (χ4n) is 3.22. The van der Waals surface area contributed by atoms with Crippen LogP contribution in [0.4, 0.5) is 0 Å². The molecule has 1 aromatic carbocycles. The number of methoxy groups -OCH3 is 1. The number of nitrogens with zero attached hydrogens (tertiary/aromatic N) is 1. The first-order chi connectivity index (χ1) is 11.4. The van der Waals surface area contributed by atoms with Gasteiger partial charge in [0.2, 0.25) is 0 Å². The van der Waals surface area contributed by atoms with E-state index in [0.29, 0.717) is 6.04 Å². The van der Waals surface area contributed by atoms with Crippen LogP contribution in [0.1, 0.15) is 50.2 Å². The standard InChI is InChI=1S/C17H27NO2.HNO3/c1-4-12-20-15-7-5-6-13(2)16(15)17(19-3)10-8-14(18)9-11-17;2-1(3)4/h5-7,14H,4,8-12,18H2,1-3H3;(H,2,3,4)/t14-,17-;. The average Bonchev–Trinajstić information content (AvgIpc) is 2.54. The molecule has 0 saturated heterocycles. The van der Waals surface area contributed by atoms with E-state index in [1.54, 1.807) is 0 Å². The first kappa shape index (κ1) is 20.2. The normalized spacial score (nSPS) is 23.1. The third-order valence-electron chi connectivity index (χ3n) is 4.38. The fraction of sp³-hybridized carbons (Fsp3) is 0.647. The highest BCUT2D eigenvalue weighted by molar-refractivity contribution is 5.44. The van der Waals surface area contributed by atoms with Gasteiger partial charge in [-0.25, -0.2) is 0 Å². The Balaban J connectivity index is 0.000000648. The molecule has 1 aliphatic carbocycles. The number of aryl methyl sites for hydroxylation is 1. The van der Waals surface area contributed by atoms with E-state index in [9.17, 15) is 0 Å². The Morgan fingerprint density at radius 3 is 2.50 bits per heavy atom. The Kier molecular flexibility index (Phi) is 7.94. The molecule has 0 aromatic heterocycles. The Labute approximate surface area is 142 Å². The molecule has 0 radical (unpaired) electrons. The van der Waals surface area contributed by atoms with E-state index >= 15 is 0 Å². The van der Waals surface area contributed by atoms with Crippen LogP contribution in [0.3, 0.4) is 0 Å². The molecule has 2 rings (SSSR count). The predicted molar refractivity (Wildman–Crippen MR) is 90.9 cm³/mol. The second-order valence-corrected chi connectivity index (χ2v) is 6.07. The summed E-state index contributed by atoms with van der Waals surface area (Å²) >= 11 is 0. The van der Waals surface area contributed by atoms with Crippen molar-refractivity contribution in [3.63, 3.8) is 0 Å². The summed E-state index contributed by atoms with van der Waals surface area (Å²) in [5.74, 6) is 0.976. The van der Waals surface area contributed by atoms with Gasteiger partial charge >= 0.3 is 0 Å². The number of hydrogen-bond acceptors (Lipinski definition) is 5. The van der Waals surface area contributed by atoms with Crippen LogP contribution < -0.4 is 10.5 Å². The summed E-state index contributed by atoms with van der Waals surface area (Å²) in [7, 11) is 1.81. The largest absolute Gasteiger partial charge is 0.493 e. The highest BCUT2D eigenvalue weighted by Crippen LogP contribution is 2.45. The van der Waals surface area contributed by atoms with E-state index in [2.05, 4.69) is 32.0 Å². The van der Waals surface area contributed by atoms with Gasteiger partial charge in [-0.15, -0.1) is 10.1 Å². The third kappa shape index (κ3) is 5.35. The molecule has 0 aliphatic heterocycles. The molecule has 1 aromatic rings. The molecule has 1 saturated carbocycles. The molecule has 0 atom stereocenters. The molecule has 7 heteroatoms. The Bertz CT molecular complexity index is 524. The zero-order valence-corrected chi connectivity index (χ0v) is 14.7. The molecule has 24 heavy (non-hydrogen) atoms. The van der Waals surface area contributed by atoms with E-state index in [4.69, 9.17) is 30.5 Å². The lowest BCUT2D eigenvalue weighted by Gasteiger charge is -2.40. The second-order valence-electron chi connectivity index (χ2n) is 6.07. The van der Waals surface area contributed by atoms with Gasteiger partial charge in [0.05, 0.1) is 12.2 Å². The SMILES string of the molecule is CCCOc1cccc(C)c1[C@]1(OC)CC[C@H](N)CC1.O=[N+]([O-])O. The molecule has 0 bridgehead atoms. The summed E-state index contributed by atoms with van der Waals surface area (Å²) < 4.78 is 11.9. The monoisotopic (exact) mass is 340 g/mol. The Morgan fingerprint density at radius 2 is 2.00 bits per heavy atom. The van der Waals surface area contributed by atoms with Crippen LogP contribution in [0.2, 0.25) is 0 Å². The molecule has 136 valence electrons. The van der Waals surface area contributed by atoms with Crippen molar-refractivity contribution in [3.8, 4) is 5.75 Å². The minimum absolute atomic E-state index is 0.232. The van der Waals surface area contributed by atoms with Crippen LogP contribution in [0.25, 0.3) is 0 Å². The summed E-state index contributed by atoms with van der Waals surface area (Å²) in [5, 5.41) is 13.6. The number of rotatable bonds is 5. The third-order valence-corrected chi connectivity index (χ3v) is 4.38. The molecular weight excluding hydrogens is 312 g/mol. The summed E-state index contributed by atoms with van der Waals surface area (Å²) in [5.41, 5.74) is 8.30. The van der Waals surface area contributed by atoms with Crippen molar-refractivity contribution in [1.29, 1.82) is 0 Å². The van der Waals surface area contributed by atoms with Crippen molar-refractivity contribution in [2.24, 2.45) is 5.73 Å². The van der Waals surface area contributed by atoms with Crippen LogP contribution in [-0.4, -0.2) is 30.1 Å². The van der Waals surface area contributed by atoms with E-state index in [1.165, 1.54) is 11.1 Å². The van der Waals surface area contributed by atoms with Gasteiger partial charge in [0.15, 0.2) is 0 Å². The van der Waals surface area contributed by atoms with Crippen LogP contribution in [0, 0.1) is 17.0 Å². The smallest absolute Gasteiger partial charge is 0.291 e. The molecule has 0 unspecified atom stereocenters. The molecule has 7 nitrogen and oxygen atoms in total.